The third-order valence-electron chi connectivity index (χ3n) is 5.02. The zero-order valence-electron chi connectivity index (χ0n) is 14.4. The van der Waals surface area contributed by atoms with E-state index in [2.05, 4.69) is 15.0 Å². The van der Waals surface area contributed by atoms with Crippen molar-refractivity contribution < 1.29 is 8.78 Å². The number of fused-ring (bicyclic) bond motifs is 2. The SMILES string of the molecule is CC(C)c1cc(N2CC3(CC3)c3cnc(Cl)cc32)nc(C(C)(F)F)n1. The third kappa shape index (κ3) is 2.76. The van der Waals surface area contributed by atoms with Gasteiger partial charge in [0, 0.05) is 42.4 Å². The Balaban J connectivity index is 1.86. The lowest BCUT2D eigenvalue weighted by atomic mass is 10.0. The molecule has 25 heavy (non-hydrogen) atoms. The number of hydrogen-bond acceptors (Lipinski definition) is 4. The van der Waals surface area contributed by atoms with E-state index in [0.717, 1.165) is 31.0 Å². The largest absolute Gasteiger partial charge is 0.325 e. The molecule has 1 aliphatic heterocycles. The number of rotatable bonds is 3. The van der Waals surface area contributed by atoms with Crippen molar-refractivity contribution in [3.05, 3.63) is 40.6 Å². The summed E-state index contributed by atoms with van der Waals surface area (Å²) in [4.78, 5) is 14.5. The van der Waals surface area contributed by atoms with Gasteiger partial charge in [0.05, 0.1) is 5.69 Å². The van der Waals surface area contributed by atoms with E-state index in [9.17, 15) is 8.78 Å². The maximum atomic E-state index is 13.9. The summed E-state index contributed by atoms with van der Waals surface area (Å²) in [5, 5.41) is 0.389. The lowest BCUT2D eigenvalue weighted by molar-refractivity contribution is 0.00752. The molecule has 4 nitrogen and oxygen atoms in total. The van der Waals surface area contributed by atoms with E-state index in [0.29, 0.717) is 23.2 Å². The lowest BCUT2D eigenvalue weighted by Crippen LogP contribution is -2.23. The zero-order valence-corrected chi connectivity index (χ0v) is 15.1. The Morgan fingerprint density at radius 2 is 1.96 bits per heavy atom. The summed E-state index contributed by atoms with van der Waals surface area (Å²) < 4.78 is 27.8. The molecule has 0 bridgehead atoms. The first-order valence-corrected chi connectivity index (χ1v) is 8.78. The number of nitrogens with zero attached hydrogens (tertiary/aromatic N) is 4. The van der Waals surface area contributed by atoms with Crippen molar-refractivity contribution in [2.75, 3.05) is 11.4 Å². The highest BCUT2D eigenvalue weighted by Crippen LogP contribution is 2.58. The van der Waals surface area contributed by atoms with Crippen LogP contribution in [0.15, 0.2) is 18.3 Å². The van der Waals surface area contributed by atoms with Gasteiger partial charge in [0.15, 0.2) is 0 Å². The summed E-state index contributed by atoms with van der Waals surface area (Å²) in [6.07, 6.45) is 3.95. The minimum absolute atomic E-state index is 0.0286. The summed E-state index contributed by atoms with van der Waals surface area (Å²) in [6.45, 7) is 5.42. The molecule has 2 aliphatic rings. The van der Waals surface area contributed by atoms with Crippen LogP contribution in [0.25, 0.3) is 0 Å². The van der Waals surface area contributed by atoms with E-state index in [-0.39, 0.29) is 11.3 Å². The molecule has 0 atom stereocenters. The normalized spacial score (nSPS) is 18.1. The fraction of sp³-hybridized carbons (Fsp3) is 0.500. The molecule has 132 valence electrons. The van der Waals surface area contributed by atoms with E-state index in [4.69, 9.17) is 11.6 Å². The number of aromatic nitrogens is 3. The second-order valence-electron chi connectivity index (χ2n) is 7.41. The molecular weight excluding hydrogens is 346 g/mol. The molecule has 3 heterocycles. The van der Waals surface area contributed by atoms with Gasteiger partial charge in [0.1, 0.15) is 11.0 Å². The Bertz CT molecular complexity index is 843. The zero-order chi connectivity index (χ0) is 18.0. The topological polar surface area (TPSA) is 41.9 Å². The molecule has 0 aromatic carbocycles. The molecule has 4 rings (SSSR count). The first-order valence-electron chi connectivity index (χ1n) is 8.40. The molecule has 1 aliphatic carbocycles. The van der Waals surface area contributed by atoms with Crippen molar-refractivity contribution in [1.82, 2.24) is 15.0 Å². The maximum absolute atomic E-state index is 13.9. The summed E-state index contributed by atoms with van der Waals surface area (Å²) in [6, 6.07) is 3.60. The van der Waals surface area contributed by atoms with Crippen LogP contribution in [0.2, 0.25) is 5.15 Å². The number of hydrogen-bond donors (Lipinski definition) is 0. The third-order valence-corrected chi connectivity index (χ3v) is 5.23. The van der Waals surface area contributed by atoms with Crippen molar-refractivity contribution in [1.29, 1.82) is 0 Å². The summed E-state index contributed by atoms with van der Waals surface area (Å²) in [7, 11) is 0. The summed E-state index contributed by atoms with van der Waals surface area (Å²) in [5.41, 5.74) is 2.72. The van der Waals surface area contributed by atoms with Crippen molar-refractivity contribution in [3.63, 3.8) is 0 Å². The average molecular weight is 365 g/mol. The van der Waals surface area contributed by atoms with Gasteiger partial charge in [0.25, 0.3) is 0 Å². The molecule has 1 saturated carbocycles. The molecule has 0 amide bonds. The van der Waals surface area contributed by atoms with Crippen molar-refractivity contribution >= 4 is 23.1 Å². The number of anilines is 2. The van der Waals surface area contributed by atoms with Crippen LogP contribution in [-0.2, 0) is 11.3 Å². The van der Waals surface area contributed by atoms with E-state index >= 15 is 0 Å². The monoisotopic (exact) mass is 364 g/mol. The number of alkyl halides is 2. The maximum Gasteiger partial charge on any atom is 0.303 e. The minimum Gasteiger partial charge on any atom is -0.325 e. The van der Waals surface area contributed by atoms with Crippen LogP contribution in [0.3, 0.4) is 0 Å². The highest BCUT2D eigenvalue weighted by Gasteiger charge is 2.52. The van der Waals surface area contributed by atoms with Gasteiger partial charge in [-0.15, -0.1) is 0 Å². The fourth-order valence-corrected chi connectivity index (χ4v) is 3.54. The first kappa shape index (κ1) is 16.6. The van der Waals surface area contributed by atoms with Crippen molar-refractivity contribution in [3.8, 4) is 0 Å². The Kier molecular flexibility index (Phi) is 3.55. The Labute approximate surface area is 150 Å². The van der Waals surface area contributed by atoms with Crippen LogP contribution < -0.4 is 4.90 Å². The molecule has 0 radical (unpaired) electrons. The van der Waals surface area contributed by atoms with E-state index in [1.165, 1.54) is 0 Å². The van der Waals surface area contributed by atoms with Gasteiger partial charge in [-0.2, -0.15) is 8.78 Å². The van der Waals surface area contributed by atoms with E-state index in [1.807, 2.05) is 24.9 Å². The molecule has 2 aromatic rings. The molecule has 1 fully saturated rings. The van der Waals surface area contributed by atoms with Gasteiger partial charge in [-0.3, -0.25) is 0 Å². The van der Waals surface area contributed by atoms with Crippen molar-refractivity contribution in [2.24, 2.45) is 0 Å². The molecular formula is C18H19ClF2N4. The second kappa shape index (κ2) is 5.34. The van der Waals surface area contributed by atoms with Gasteiger partial charge >= 0.3 is 5.92 Å². The van der Waals surface area contributed by atoms with Crippen LogP contribution >= 0.6 is 11.6 Å². The highest BCUT2D eigenvalue weighted by atomic mass is 35.5. The average Bonchev–Trinajstić information content (AvgIpc) is 3.24. The number of pyridine rings is 1. The predicted octanol–water partition coefficient (Wildman–Crippen LogP) is 4.94. The van der Waals surface area contributed by atoms with E-state index in [1.54, 1.807) is 12.1 Å². The molecule has 0 saturated heterocycles. The van der Waals surface area contributed by atoms with Crippen molar-refractivity contribution in [2.45, 2.75) is 50.9 Å². The predicted molar refractivity (Wildman–Crippen MR) is 92.9 cm³/mol. The van der Waals surface area contributed by atoms with Gasteiger partial charge < -0.3 is 4.90 Å². The standard InChI is InChI=1S/C18H19ClF2N4/c1-10(2)12-6-15(24-16(23-12)17(3,20)21)25-9-18(4-5-18)11-8-22-14(19)7-13(11)25/h6-8,10H,4-5,9H2,1-3H3. The van der Waals surface area contributed by atoms with E-state index < -0.39 is 11.7 Å². The van der Waals surface area contributed by atoms with Crippen LogP contribution in [0.1, 0.15) is 56.6 Å². The van der Waals surface area contributed by atoms with Crippen LogP contribution in [0.4, 0.5) is 20.3 Å². The first-order chi connectivity index (χ1) is 11.7. The van der Waals surface area contributed by atoms with Crippen LogP contribution in [0, 0.1) is 0 Å². The van der Waals surface area contributed by atoms with Gasteiger partial charge in [-0.25, -0.2) is 15.0 Å². The quantitative estimate of drug-likeness (QED) is 0.723. The Hall–Kier alpha value is -1.82. The van der Waals surface area contributed by atoms with Gasteiger partial charge in [-0.05, 0) is 24.8 Å². The molecule has 0 unspecified atom stereocenters. The van der Waals surface area contributed by atoms with Crippen LogP contribution in [0.5, 0.6) is 0 Å². The molecule has 2 aromatic heterocycles. The lowest BCUT2D eigenvalue weighted by Gasteiger charge is -2.22. The molecule has 1 spiro atoms. The number of halogens is 3. The highest BCUT2D eigenvalue weighted by molar-refractivity contribution is 6.29. The minimum atomic E-state index is -3.09. The fourth-order valence-electron chi connectivity index (χ4n) is 3.39. The second-order valence-corrected chi connectivity index (χ2v) is 7.80. The van der Waals surface area contributed by atoms with Gasteiger partial charge in [-0.1, -0.05) is 25.4 Å². The molecule has 0 N–H and O–H groups in total. The summed E-state index contributed by atoms with van der Waals surface area (Å²) in [5.74, 6) is -2.99. The van der Waals surface area contributed by atoms with Gasteiger partial charge in [0.2, 0.25) is 5.82 Å². The molecule has 7 heteroatoms. The Morgan fingerprint density at radius 3 is 2.56 bits per heavy atom. The Morgan fingerprint density at radius 1 is 1.24 bits per heavy atom. The summed E-state index contributed by atoms with van der Waals surface area (Å²) >= 11 is 6.08. The smallest absolute Gasteiger partial charge is 0.303 e. The van der Waals surface area contributed by atoms with Crippen LogP contribution in [-0.4, -0.2) is 21.5 Å².